The van der Waals surface area contributed by atoms with E-state index in [4.69, 9.17) is 5.73 Å². The van der Waals surface area contributed by atoms with E-state index in [2.05, 4.69) is 10.3 Å². The highest BCUT2D eigenvalue weighted by atomic mass is 19.3. The number of alkyl halides is 2. The zero-order valence-electron chi connectivity index (χ0n) is 11.0. The monoisotopic (exact) mass is 296 g/mol. The molecule has 1 heterocycles. The van der Waals surface area contributed by atoms with Gasteiger partial charge in [-0.3, -0.25) is 14.3 Å². The Labute approximate surface area is 118 Å². The molecule has 0 aliphatic heterocycles. The number of nitrogens with zero attached hydrogens (tertiary/aromatic N) is 1. The molecule has 6 nitrogen and oxygen atoms in total. The Kier molecular flexibility index (Phi) is 4.36. The summed E-state index contributed by atoms with van der Waals surface area (Å²) in [6, 6.07) is 8.96. The van der Waals surface area contributed by atoms with Crippen molar-refractivity contribution in [3.05, 3.63) is 56.7 Å². The lowest BCUT2D eigenvalue weighted by Gasteiger charge is -2.13. The third kappa shape index (κ3) is 3.47. The van der Waals surface area contributed by atoms with Gasteiger partial charge < -0.3 is 11.1 Å². The van der Waals surface area contributed by atoms with Gasteiger partial charge in [0.1, 0.15) is 11.5 Å². The smallest absolute Gasteiger partial charge is 0.330 e. The third-order valence-corrected chi connectivity index (χ3v) is 2.86. The van der Waals surface area contributed by atoms with Gasteiger partial charge in [-0.2, -0.15) is 0 Å². The van der Waals surface area contributed by atoms with Crippen molar-refractivity contribution in [1.29, 1.82) is 0 Å². The summed E-state index contributed by atoms with van der Waals surface area (Å²) in [7, 11) is 0. The van der Waals surface area contributed by atoms with E-state index in [9.17, 15) is 18.4 Å². The van der Waals surface area contributed by atoms with Crippen LogP contribution in [0.15, 0.2) is 39.9 Å². The molecule has 0 saturated heterocycles. The summed E-state index contributed by atoms with van der Waals surface area (Å²) in [5, 5.41) is 2.26. The molecule has 0 spiro atoms. The number of nitrogens with one attached hydrogen (secondary N) is 2. The SMILES string of the molecule is Nc1c(NCC(F)F)c(=O)[nH]c(=O)n1Cc1ccccc1. The van der Waals surface area contributed by atoms with Gasteiger partial charge in [0.25, 0.3) is 12.0 Å². The number of hydrogen-bond donors (Lipinski definition) is 3. The first-order valence-corrected chi connectivity index (χ1v) is 6.17. The van der Waals surface area contributed by atoms with E-state index in [0.717, 1.165) is 10.1 Å². The molecule has 1 aromatic heterocycles. The Bertz CT molecular complexity index is 725. The standard InChI is InChI=1S/C13H14F2N4O2/c14-9(15)6-17-10-11(16)19(13(21)18-12(10)20)7-8-4-2-1-3-5-8/h1-5,9,17H,6-7,16H2,(H,18,20,21). The maximum Gasteiger partial charge on any atom is 0.330 e. The summed E-state index contributed by atoms with van der Waals surface area (Å²) < 4.78 is 25.6. The highest BCUT2D eigenvalue weighted by Crippen LogP contribution is 2.12. The number of benzene rings is 1. The van der Waals surface area contributed by atoms with E-state index < -0.39 is 24.2 Å². The predicted octanol–water partition coefficient (Wildman–Crippen LogP) is 0.844. The Morgan fingerprint density at radius 1 is 1.24 bits per heavy atom. The van der Waals surface area contributed by atoms with Crippen molar-refractivity contribution >= 4 is 11.5 Å². The zero-order chi connectivity index (χ0) is 15.4. The van der Waals surface area contributed by atoms with Gasteiger partial charge in [-0.25, -0.2) is 13.6 Å². The topological polar surface area (TPSA) is 92.9 Å². The van der Waals surface area contributed by atoms with Crippen molar-refractivity contribution in [3.8, 4) is 0 Å². The molecule has 0 saturated carbocycles. The second-order valence-corrected chi connectivity index (χ2v) is 4.36. The van der Waals surface area contributed by atoms with Crippen molar-refractivity contribution in [2.24, 2.45) is 0 Å². The van der Waals surface area contributed by atoms with Gasteiger partial charge in [-0.15, -0.1) is 0 Å². The molecule has 2 rings (SSSR count). The van der Waals surface area contributed by atoms with Crippen LogP contribution in [0.5, 0.6) is 0 Å². The van der Waals surface area contributed by atoms with Crippen LogP contribution in [-0.4, -0.2) is 22.5 Å². The Morgan fingerprint density at radius 2 is 1.90 bits per heavy atom. The number of rotatable bonds is 5. The van der Waals surface area contributed by atoms with E-state index in [1.54, 1.807) is 24.3 Å². The second-order valence-electron chi connectivity index (χ2n) is 4.36. The largest absolute Gasteiger partial charge is 0.383 e. The van der Waals surface area contributed by atoms with Gasteiger partial charge in [-0.05, 0) is 5.56 Å². The molecule has 0 atom stereocenters. The molecule has 4 N–H and O–H groups in total. The summed E-state index contributed by atoms with van der Waals surface area (Å²) in [6.45, 7) is -0.595. The lowest BCUT2D eigenvalue weighted by molar-refractivity contribution is 0.163. The van der Waals surface area contributed by atoms with Crippen LogP contribution in [-0.2, 0) is 6.54 Å². The normalized spacial score (nSPS) is 10.8. The molecular weight excluding hydrogens is 282 g/mol. The van der Waals surface area contributed by atoms with Gasteiger partial charge >= 0.3 is 5.69 Å². The maximum absolute atomic E-state index is 12.2. The molecule has 0 fully saturated rings. The van der Waals surface area contributed by atoms with Crippen molar-refractivity contribution < 1.29 is 8.78 Å². The Balaban J connectivity index is 2.39. The molecule has 0 unspecified atom stereocenters. The lowest BCUT2D eigenvalue weighted by Crippen LogP contribution is -2.35. The second kappa shape index (κ2) is 6.21. The van der Waals surface area contributed by atoms with E-state index >= 15 is 0 Å². The van der Waals surface area contributed by atoms with E-state index in [-0.39, 0.29) is 18.1 Å². The van der Waals surface area contributed by atoms with Gasteiger partial charge in [0.05, 0.1) is 13.1 Å². The van der Waals surface area contributed by atoms with Crippen molar-refractivity contribution in [1.82, 2.24) is 9.55 Å². The number of aromatic nitrogens is 2. The summed E-state index contributed by atoms with van der Waals surface area (Å²) in [4.78, 5) is 25.5. The average molecular weight is 296 g/mol. The first kappa shape index (κ1) is 14.8. The van der Waals surface area contributed by atoms with E-state index in [1.165, 1.54) is 0 Å². The minimum absolute atomic E-state index is 0.131. The predicted molar refractivity (Wildman–Crippen MR) is 75.8 cm³/mol. The Hall–Kier alpha value is -2.64. The molecule has 0 bridgehead atoms. The number of aromatic amines is 1. The number of nitrogen functional groups attached to an aromatic ring is 1. The van der Waals surface area contributed by atoms with Crippen molar-refractivity contribution in [2.45, 2.75) is 13.0 Å². The number of hydrogen-bond acceptors (Lipinski definition) is 4. The summed E-state index contributed by atoms with van der Waals surface area (Å²) in [6.07, 6.45) is -2.64. The van der Waals surface area contributed by atoms with Crippen LogP contribution in [0.3, 0.4) is 0 Å². The Morgan fingerprint density at radius 3 is 2.52 bits per heavy atom. The first-order valence-electron chi connectivity index (χ1n) is 6.17. The highest BCUT2D eigenvalue weighted by molar-refractivity contribution is 5.60. The van der Waals surface area contributed by atoms with Crippen molar-refractivity contribution in [3.63, 3.8) is 0 Å². The molecule has 2 aromatic rings. The third-order valence-electron chi connectivity index (χ3n) is 2.86. The molecule has 0 amide bonds. The number of nitrogens with two attached hydrogens (primary N) is 1. The summed E-state index contributed by atoms with van der Waals surface area (Å²) in [5.74, 6) is -0.173. The van der Waals surface area contributed by atoms with E-state index in [1.807, 2.05) is 6.07 Å². The summed E-state index contributed by atoms with van der Waals surface area (Å²) in [5.41, 5.74) is 4.81. The van der Waals surface area contributed by atoms with Crippen LogP contribution in [0.4, 0.5) is 20.3 Å². The first-order chi connectivity index (χ1) is 9.99. The molecule has 1 aromatic carbocycles. The summed E-state index contributed by atoms with van der Waals surface area (Å²) >= 11 is 0. The minimum atomic E-state index is -2.64. The lowest BCUT2D eigenvalue weighted by atomic mass is 10.2. The fourth-order valence-corrected chi connectivity index (χ4v) is 1.86. The molecule has 112 valence electrons. The van der Waals surface area contributed by atoms with E-state index in [0.29, 0.717) is 0 Å². The fraction of sp³-hybridized carbons (Fsp3) is 0.231. The molecule has 21 heavy (non-hydrogen) atoms. The fourth-order valence-electron chi connectivity index (χ4n) is 1.86. The molecular formula is C13H14F2N4O2. The average Bonchev–Trinajstić information content (AvgIpc) is 2.44. The minimum Gasteiger partial charge on any atom is -0.383 e. The molecule has 0 radical (unpaired) electrons. The highest BCUT2D eigenvalue weighted by Gasteiger charge is 2.13. The zero-order valence-corrected chi connectivity index (χ0v) is 11.0. The van der Waals surface area contributed by atoms with Gasteiger partial charge in [0, 0.05) is 0 Å². The quantitative estimate of drug-likeness (QED) is 0.762. The molecule has 0 aliphatic rings. The van der Waals surface area contributed by atoms with Crippen molar-refractivity contribution in [2.75, 3.05) is 17.6 Å². The van der Waals surface area contributed by atoms with Crippen LogP contribution in [0, 0.1) is 0 Å². The van der Waals surface area contributed by atoms with Crippen LogP contribution < -0.4 is 22.3 Å². The van der Waals surface area contributed by atoms with Crippen LogP contribution in [0.2, 0.25) is 0 Å². The van der Waals surface area contributed by atoms with Crippen LogP contribution in [0.25, 0.3) is 0 Å². The molecule has 8 heteroatoms. The van der Waals surface area contributed by atoms with Crippen LogP contribution in [0.1, 0.15) is 5.56 Å². The van der Waals surface area contributed by atoms with Crippen LogP contribution >= 0.6 is 0 Å². The maximum atomic E-state index is 12.2. The number of anilines is 2. The van der Waals surface area contributed by atoms with Gasteiger partial charge in [0.2, 0.25) is 0 Å². The number of H-pyrrole nitrogens is 1. The van der Waals surface area contributed by atoms with Gasteiger partial charge in [0.15, 0.2) is 0 Å². The number of halogens is 2. The molecule has 0 aliphatic carbocycles. The van der Waals surface area contributed by atoms with Gasteiger partial charge in [-0.1, -0.05) is 30.3 Å².